The fourth-order valence-electron chi connectivity index (χ4n) is 2.66. The van der Waals surface area contributed by atoms with Gasteiger partial charge in [-0.05, 0) is 28.7 Å². The average Bonchev–Trinajstić information content (AvgIpc) is 2.61. The molecule has 4 nitrogen and oxygen atoms in total. The first kappa shape index (κ1) is 19.7. The first-order valence-electron chi connectivity index (χ1n) is 8.85. The van der Waals surface area contributed by atoms with Gasteiger partial charge in [-0.1, -0.05) is 63.2 Å². The van der Waals surface area contributed by atoms with Crippen molar-refractivity contribution in [3.63, 3.8) is 0 Å². The van der Waals surface area contributed by atoms with Crippen LogP contribution in [0.1, 0.15) is 54.7 Å². The maximum atomic E-state index is 12.7. The van der Waals surface area contributed by atoms with E-state index in [1.165, 1.54) is 5.56 Å². The number of carbonyl (C=O) groups is 2. The SMILES string of the molecule is CN(C)C(=O)CC(NC(=O)c1ccc(C(C)(C)C)cc1)c1ccccc1. The number of nitrogens with one attached hydrogen (secondary N) is 1. The van der Waals surface area contributed by atoms with Gasteiger partial charge < -0.3 is 10.2 Å². The normalized spacial score (nSPS) is 12.3. The van der Waals surface area contributed by atoms with Crippen LogP contribution in [0.15, 0.2) is 54.6 Å². The molecule has 2 aromatic rings. The van der Waals surface area contributed by atoms with Gasteiger partial charge in [-0.3, -0.25) is 9.59 Å². The third kappa shape index (κ3) is 5.19. The molecule has 2 aromatic carbocycles. The standard InChI is InChI=1S/C22H28N2O2/c1-22(2,3)18-13-11-17(12-14-18)21(26)23-19(15-20(25)24(4)5)16-9-7-6-8-10-16/h6-14,19H,15H2,1-5H3,(H,23,26). The van der Waals surface area contributed by atoms with Gasteiger partial charge in [-0.25, -0.2) is 0 Å². The molecule has 0 aliphatic rings. The monoisotopic (exact) mass is 352 g/mol. The predicted octanol–water partition coefficient (Wildman–Crippen LogP) is 3.93. The Bertz CT molecular complexity index is 744. The molecule has 2 rings (SSSR count). The number of amides is 2. The summed E-state index contributed by atoms with van der Waals surface area (Å²) in [6.45, 7) is 6.42. The molecule has 0 radical (unpaired) electrons. The number of hydrogen-bond acceptors (Lipinski definition) is 2. The van der Waals surface area contributed by atoms with Gasteiger partial charge in [0.25, 0.3) is 5.91 Å². The molecule has 0 fully saturated rings. The third-order valence-corrected chi connectivity index (χ3v) is 4.40. The highest BCUT2D eigenvalue weighted by atomic mass is 16.2. The second kappa shape index (κ2) is 8.17. The Morgan fingerprint density at radius 3 is 2.04 bits per heavy atom. The molecule has 0 saturated carbocycles. The lowest BCUT2D eigenvalue weighted by molar-refractivity contribution is -0.129. The molecule has 0 bridgehead atoms. The van der Waals surface area contributed by atoms with Gasteiger partial charge >= 0.3 is 0 Å². The zero-order chi connectivity index (χ0) is 19.3. The van der Waals surface area contributed by atoms with E-state index in [-0.39, 0.29) is 29.7 Å². The van der Waals surface area contributed by atoms with Gasteiger partial charge in [0.15, 0.2) is 0 Å². The van der Waals surface area contributed by atoms with E-state index in [0.717, 1.165) is 5.56 Å². The van der Waals surface area contributed by atoms with Crippen LogP contribution in [0.5, 0.6) is 0 Å². The van der Waals surface area contributed by atoms with Crippen LogP contribution in [-0.4, -0.2) is 30.8 Å². The number of nitrogens with zero attached hydrogens (tertiary/aromatic N) is 1. The topological polar surface area (TPSA) is 49.4 Å². The first-order chi connectivity index (χ1) is 12.2. The number of rotatable bonds is 5. The quantitative estimate of drug-likeness (QED) is 0.886. The Hall–Kier alpha value is -2.62. The van der Waals surface area contributed by atoms with Crippen LogP contribution in [0.2, 0.25) is 0 Å². The van der Waals surface area contributed by atoms with Crippen LogP contribution in [0.25, 0.3) is 0 Å². The molecule has 0 aliphatic heterocycles. The Labute approximate surface area is 156 Å². The van der Waals surface area contributed by atoms with E-state index in [2.05, 4.69) is 26.1 Å². The maximum Gasteiger partial charge on any atom is 0.251 e. The number of benzene rings is 2. The predicted molar refractivity (Wildman–Crippen MR) is 105 cm³/mol. The summed E-state index contributed by atoms with van der Waals surface area (Å²) in [5.41, 5.74) is 2.73. The van der Waals surface area contributed by atoms with Gasteiger partial charge in [0, 0.05) is 19.7 Å². The summed E-state index contributed by atoms with van der Waals surface area (Å²) >= 11 is 0. The van der Waals surface area contributed by atoms with Crippen LogP contribution in [-0.2, 0) is 10.2 Å². The van der Waals surface area contributed by atoms with E-state index in [0.29, 0.717) is 5.56 Å². The van der Waals surface area contributed by atoms with Crippen LogP contribution in [0.4, 0.5) is 0 Å². The summed E-state index contributed by atoms with van der Waals surface area (Å²) in [5, 5.41) is 3.01. The second-order valence-corrected chi connectivity index (χ2v) is 7.76. The summed E-state index contributed by atoms with van der Waals surface area (Å²) < 4.78 is 0. The lowest BCUT2D eigenvalue weighted by atomic mass is 9.86. The molecule has 138 valence electrons. The summed E-state index contributed by atoms with van der Waals surface area (Å²) in [6, 6.07) is 16.9. The smallest absolute Gasteiger partial charge is 0.251 e. The minimum atomic E-state index is -0.360. The molecule has 1 N–H and O–H groups in total. The summed E-state index contributed by atoms with van der Waals surface area (Å²) in [6.07, 6.45) is 0.225. The fraction of sp³-hybridized carbons (Fsp3) is 0.364. The minimum absolute atomic E-state index is 0.0257. The van der Waals surface area contributed by atoms with E-state index in [1.807, 2.05) is 54.6 Å². The molecule has 0 heterocycles. The van der Waals surface area contributed by atoms with Crippen molar-refractivity contribution in [1.82, 2.24) is 10.2 Å². The molecule has 26 heavy (non-hydrogen) atoms. The van der Waals surface area contributed by atoms with Crippen molar-refractivity contribution >= 4 is 11.8 Å². The molecule has 0 aliphatic carbocycles. The molecule has 0 spiro atoms. The van der Waals surface area contributed by atoms with Crippen molar-refractivity contribution in [2.45, 2.75) is 38.6 Å². The van der Waals surface area contributed by atoms with Crippen molar-refractivity contribution in [2.24, 2.45) is 0 Å². The zero-order valence-electron chi connectivity index (χ0n) is 16.2. The average molecular weight is 352 g/mol. The van der Waals surface area contributed by atoms with Gasteiger partial charge in [0.2, 0.25) is 5.91 Å². The number of carbonyl (C=O) groups excluding carboxylic acids is 2. The highest BCUT2D eigenvalue weighted by Crippen LogP contribution is 2.23. The Kier molecular flexibility index (Phi) is 6.19. The summed E-state index contributed by atoms with van der Waals surface area (Å²) in [5.74, 6) is -0.201. The van der Waals surface area contributed by atoms with E-state index in [1.54, 1.807) is 19.0 Å². The lowest BCUT2D eigenvalue weighted by Crippen LogP contribution is -2.33. The molecule has 1 atom stereocenters. The van der Waals surface area contributed by atoms with E-state index in [4.69, 9.17) is 0 Å². The zero-order valence-corrected chi connectivity index (χ0v) is 16.2. The fourth-order valence-corrected chi connectivity index (χ4v) is 2.66. The lowest BCUT2D eigenvalue weighted by Gasteiger charge is -2.22. The van der Waals surface area contributed by atoms with Crippen LogP contribution >= 0.6 is 0 Å². The summed E-state index contributed by atoms with van der Waals surface area (Å²) in [7, 11) is 3.44. The Balaban J connectivity index is 2.19. The summed E-state index contributed by atoms with van der Waals surface area (Å²) in [4.78, 5) is 26.4. The van der Waals surface area contributed by atoms with Gasteiger partial charge in [-0.2, -0.15) is 0 Å². The highest BCUT2D eigenvalue weighted by molar-refractivity contribution is 5.94. The molecule has 0 aromatic heterocycles. The largest absolute Gasteiger partial charge is 0.349 e. The Morgan fingerprint density at radius 1 is 0.962 bits per heavy atom. The molecular weight excluding hydrogens is 324 g/mol. The van der Waals surface area contributed by atoms with E-state index in [9.17, 15) is 9.59 Å². The molecule has 2 amide bonds. The van der Waals surface area contributed by atoms with E-state index >= 15 is 0 Å². The van der Waals surface area contributed by atoms with Crippen LogP contribution in [0.3, 0.4) is 0 Å². The molecule has 1 unspecified atom stereocenters. The first-order valence-corrected chi connectivity index (χ1v) is 8.85. The van der Waals surface area contributed by atoms with Gasteiger partial charge in [0.05, 0.1) is 12.5 Å². The third-order valence-electron chi connectivity index (χ3n) is 4.40. The van der Waals surface area contributed by atoms with Crippen molar-refractivity contribution in [1.29, 1.82) is 0 Å². The van der Waals surface area contributed by atoms with Gasteiger partial charge in [-0.15, -0.1) is 0 Å². The molecule has 4 heteroatoms. The second-order valence-electron chi connectivity index (χ2n) is 7.76. The van der Waals surface area contributed by atoms with Crippen LogP contribution in [0, 0.1) is 0 Å². The van der Waals surface area contributed by atoms with Crippen molar-refractivity contribution < 1.29 is 9.59 Å². The van der Waals surface area contributed by atoms with Gasteiger partial charge in [0.1, 0.15) is 0 Å². The Morgan fingerprint density at radius 2 is 1.54 bits per heavy atom. The maximum absolute atomic E-state index is 12.7. The number of hydrogen-bond donors (Lipinski definition) is 1. The highest BCUT2D eigenvalue weighted by Gasteiger charge is 2.20. The minimum Gasteiger partial charge on any atom is -0.349 e. The molecule has 0 saturated heterocycles. The van der Waals surface area contributed by atoms with Crippen molar-refractivity contribution in [3.8, 4) is 0 Å². The van der Waals surface area contributed by atoms with Crippen molar-refractivity contribution in [3.05, 3.63) is 71.3 Å². The van der Waals surface area contributed by atoms with Crippen molar-refractivity contribution in [2.75, 3.05) is 14.1 Å². The van der Waals surface area contributed by atoms with E-state index < -0.39 is 0 Å². The van der Waals surface area contributed by atoms with Crippen LogP contribution < -0.4 is 5.32 Å². The molecular formula is C22H28N2O2.